The molecule has 1 rings (SSSR count). The van der Waals surface area contributed by atoms with E-state index in [4.69, 9.17) is 9.84 Å². The molecule has 21 heavy (non-hydrogen) atoms. The average molecular weight is 356 g/mol. The Labute approximate surface area is 132 Å². The van der Waals surface area contributed by atoms with Crippen LogP contribution in [-0.4, -0.2) is 30.1 Å². The minimum absolute atomic E-state index is 0.349. The van der Waals surface area contributed by atoms with Crippen molar-refractivity contribution in [2.24, 2.45) is 5.92 Å². The van der Waals surface area contributed by atoms with Crippen LogP contribution in [0.2, 0.25) is 0 Å². The average Bonchev–Trinajstić information content (AvgIpc) is 2.44. The molecule has 0 radical (unpaired) electrons. The van der Waals surface area contributed by atoms with Gasteiger partial charge in [-0.15, -0.1) is 0 Å². The Morgan fingerprint density at radius 3 is 2.62 bits per heavy atom. The Hall–Kier alpha value is -1.82. The third kappa shape index (κ3) is 5.23. The van der Waals surface area contributed by atoms with Crippen LogP contribution in [0.3, 0.4) is 0 Å². The summed E-state index contributed by atoms with van der Waals surface area (Å²) >= 11 is 3.35. The van der Waals surface area contributed by atoms with Gasteiger partial charge in [0.2, 0.25) is 5.91 Å². The summed E-state index contributed by atoms with van der Waals surface area (Å²) in [6.07, 6.45) is 2.98. The quantitative estimate of drug-likeness (QED) is 0.769. The zero-order chi connectivity index (χ0) is 16.0. The lowest BCUT2D eigenvalue weighted by atomic mass is 10.0. The first-order valence-corrected chi connectivity index (χ1v) is 7.19. The minimum atomic E-state index is -0.944. The second-order valence-corrected chi connectivity index (χ2v) is 5.56. The molecule has 1 aromatic carbocycles. The predicted octanol–water partition coefficient (Wildman–Crippen LogP) is 2.70. The highest BCUT2D eigenvalue weighted by Crippen LogP contribution is 2.24. The van der Waals surface area contributed by atoms with Gasteiger partial charge >= 0.3 is 5.97 Å². The van der Waals surface area contributed by atoms with Crippen LogP contribution in [-0.2, 0) is 9.59 Å². The van der Waals surface area contributed by atoms with E-state index in [0.29, 0.717) is 5.75 Å². The first kappa shape index (κ1) is 17.2. The van der Waals surface area contributed by atoms with E-state index in [9.17, 15) is 9.59 Å². The van der Waals surface area contributed by atoms with Crippen LogP contribution in [0.1, 0.15) is 19.4 Å². The number of hydrogen-bond acceptors (Lipinski definition) is 3. The van der Waals surface area contributed by atoms with E-state index in [-0.39, 0.29) is 5.91 Å². The first-order chi connectivity index (χ1) is 9.85. The molecule has 114 valence electrons. The number of carbonyl (C=O) groups is 2. The number of hydrogen-bond donors (Lipinski definition) is 2. The van der Waals surface area contributed by atoms with Crippen LogP contribution >= 0.6 is 15.9 Å². The molecule has 6 heteroatoms. The summed E-state index contributed by atoms with van der Waals surface area (Å²) in [5, 5.41) is 11.5. The molecular weight excluding hydrogens is 338 g/mol. The predicted molar refractivity (Wildman–Crippen MR) is 84.1 cm³/mol. The van der Waals surface area contributed by atoms with Gasteiger partial charge in [-0.05, 0) is 38.1 Å². The van der Waals surface area contributed by atoms with Gasteiger partial charge in [-0.3, -0.25) is 9.59 Å². The van der Waals surface area contributed by atoms with Gasteiger partial charge in [0.1, 0.15) is 5.75 Å². The van der Waals surface area contributed by atoms with Crippen molar-refractivity contribution in [3.8, 4) is 5.75 Å². The lowest BCUT2D eigenvalue weighted by molar-refractivity contribution is -0.142. The van der Waals surface area contributed by atoms with Crippen LogP contribution in [0.4, 0.5) is 0 Å². The summed E-state index contributed by atoms with van der Waals surface area (Å²) in [6.45, 7) is 3.21. The Kier molecular flexibility index (Phi) is 6.42. The molecule has 0 saturated heterocycles. The van der Waals surface area contributed by atoms with Crippen LogP contribution in [0, 0.1) is 5.92 Å². The summed E-state index contributed by atoms with van der Waals surface area (Å²) in [5.74, 6) is -1.30. The third-order valence-corrected chi connectivity index (χ3v) is 3.61. The summed E-state index contributed by atoms with van der Waals surface area (Å²) in [5.41, 5.74) is 0.751. The Morgan fingerprint density at radius 2 is 2.05 bits per heavy atom. The number of methoxy groups -OCH3 is 1. The van der Waals surface area contributed by atoms with E-state index >= 15 is 0 Å². The number of nitrogens with one attached hydrogen (secondary N) is 1. The van der Waals surface area contributed by atoms with Gasteiger partial charge < -0.3 is 15.2 Å². The maximum atomic E-state index is 11.8. The highest BCUT2D eigenvalue weighted by atomic mass is 79.9. The summed E-state index contributed by atoms with van der Waals surface area (Å²) in [4.78, 5) is 22.6. The topological polar surface area (TPSA) is 75.6 Å². The van der Waals surface area contributed by atoms with Crippen molar-refractivity contribution in [1.82, 2.24) is 5.32 Å². The number of amides is 1. The normalized spacial score (nSPS) is 13.7. The van der Waals surface area contributed by atoms with E-state index in [1.54, 1.807) is 33.1 Å². The van der Waals surface area contributed by atoms with Crippen molar-refractivity contribution in [2.75, 3.05) is 7.11 Å². The molecule has 0 bridgehead atoms. The van der Waals surface area contributed by atoms with Gasteiger partial charge in [0.25, 0.3) is 0 Å². The molecule has 1 amide bonds. The number of ether oxygens (including phenoxy) is 1. The molecule has 5 nitrogen and oxygen atoms in total. The van der Waals surface area contributed by atoms with Crippen LogP contribution < -0.4 is 10.1 Å². The van der Waals surface area contributed by atoms with E-state index < -0.39 is 17.9 Å². The molecule has 0 aliphatic heterocycles. The number of halogens is 1. The standard InChI is InChI=1S/C15H18BrNO4/c1-9(15(19)20)10(2)17-14(18)7-4-11-8-12(16)5-6-13(11)21-3/h4-10H,1-3H3,(H,17,18)(H,19,20)/b7-4+. The summed E-state index contributed by atoms with van der Waals surface area (Å²) in [7, 11) is 1.55. The Bertz CT molecular complexity index is 557. The highest BCUT2D eigenvalue weighted by Gasteiger charge is 2.20. The second kappa shape index (κ2) is 7.83. The third-order valence-electron chi connectivity index (χ3n) is 3.12. The van der Waals surface area contributed by atoms with Crippen molar-refractivity contribution < 1.29 is 19.4 Å². The zero-order valence-corrected chi connectivity index (χ0v) is 13.7. The molecule has 2 N–H and O–H groups in total. The van der Waals surface area contributed by atoms with Gasteiger partial charge in [-0.25, -0.2) is 0 Å². The van der Waals surface area contributed by atoms with Gasteiger partial charge in [-0.2, -0.15) is 0 Å². The number of rotatable bonds is 6. The summed E-state index contributed by atoms with van der Waals surface area (Å²) < 4.78 is 6.07. The number of benzene rings is 1. The fourth-order valence-electron chi connectivity index (χ4n) is 1.61. The fourth-order valence-corrected chi connectivity index (χ4v) is 1.99. The van der Waals surface area contributed by atoms with Gasteiger partial charge in [0.15, 0.2) is 0 Å². The first-order valence-electron chi connectivity index (χ1n) is 6.40. The second-order valence-electron chi connectivity index (χ2n) is 4.64. The number of carboxylic acids is 1. The van der Waals surface area contributed by atoms with Gasteiger partial charge in [-0.1, -0.05) is 15.9 Å². The summed E-state index contributed by atoms with van der Waals surface area (Å²) in [6, 6.07) is 5.00. The van der Waals surface area contributed by atoms with Crippen molar-refractivity contribution in [2.45, 2.75) is 19.9 Å². The molecule has 0 aliphatic rings. The molecule has 0 aliphatic carbocycles. The van der Waals surface area contributed by atoms with Crippen molar-refractivity contribution in [3.05, 3.63) is 34.3 Å². The molecule has 2 unspecified atom stereocenters. The van der Waals surface area contributed by atoms with Crippen molar-refractivity contribution in [1.29, 1.82) is 0 Å². The molecule has 2 atom stereocenters. The van der Waals surface area contributed by atoms with E-state index in [0.717, 1.165) is 10.0 Å². The number of carboxylic acid groups (broad SMARTS) is 1. The smallest absolute Gasteiger partial charge is 0.308 e. The minimum Gasteiger partial charge on any atom is -0.496 e. The molecule has 1 aromatic rings. The van der Waals surface area contributed by atoms with E-state index in [2.05, 4.69) is 21.2 Å². The number of aliphatic carboxylic acids is 1. The zero-order valence-electron chi connectivity index (χ0n) is 12.1. The fraction of sp³-hybridized carbons (Fsp3) is 0.333. The molecule has 0 fully saturated rings. The van der Waals surface area contributed by atoms with Crippen LogP contribution in [0.25, 0.3) is 6.08 Å². The largest absolute Gasteiger partial charge is 0.496 e. The van der Waals surface area contributed by atoms with Crippen molar-refractivity contribution in [3.63, 3.8) is 0 Å². The molecular formula is C15H18BrNO4. The highest BCUT2D eigenvalue weighted by molar-refractivity contribution is 9.10. The monoisotopic (exact) mass is 355 g/mol. The lowest BCUT2D eigenvalue weighted by Gasteiger charge is -2.16. The van der Waals surface area contributed by atoms with Crippen LogP contribution in [0.15, 0.2) is 28.7 Å². The van der Waals surface area contributed by atoms with E-state index in [1.165, 1.54) is 6.08 Å². The van der Waals surface area contributed by atoms with Crippen LogP contribution in [0.5, 0.6) is 5.75 Å². The van der Waals surface area contributed by atoms with Gasteiger partial charge in [0.05, 0.1) is 13.0 Å². The Balaban J connectivity index is 2.74. The molecule has 0 heterocycles. The lowest BCUT2D eigenvalue weighted by Crippen LogP contribution is -2.39. The maximum Gasteiger partial charge on any atom is 0.308 e. The Morgan fingerprint density at radius 1 is 1.38 bits per heavy atom. The molecule has 0 aromatic heterocycles. The SMILES string of the molecule is COc1ccc(Br)cc1/C=C/C(=O)NC(C)C(C)C(=O)O. The van der Waals surface area contributed by atoms with E-state index in [1.807, 2.05) is 12.1 Å². The number of carbonyl (C=O) groups excluding carboxylic acids is 1. The molecule has 0 saturated carbocycles. The maximum absolute atomic E-state index is 11.8. The van der Waals surface area contributed by atoms with Crippen molar-refractivity contribution >= 4 is 33.9 Å². The van der Waals surface area contributed by atoms with Gasteiger partial charge in [0, 0.05) is 22.2 Å². The molecule has 0 spiro atoms.